The van der Waals surface area contributed by atoms with Crippen molar-refractivity contribution in [3.05, 3.63) is 94.3 Å². The van der Waals surface area contributed by atoms with Crippen molar-refractivity contribution in [2.45, 2.75) is 6.54 Å². The summed E-state index contributed by atoms with van der Waals surface area (Å²) < 4.78 is 42.5. The first-order valence-corrected chi connectivity index (χ1v) is 7.79. The monoisotopic (exact) mass is 355 g/mol. The van der Waals surface area contributed by atoms with Crippen LogP contribution in [0.1, 0.15) is 5.56 Å². The molecular weight excluding hydrogens is 343 g/mol. The molecule has 4 aromatic rings. The summed E-state index contributed by atoms with van der Waals surface area (Å²) in [4.78, 5) is 12.7. The summed E-state index contributed by atoms with van der Waals surface area (Å²) in [6.07, 6.45) is 3.08. The fourth-order valence-corrected chi connectivity index (χ4v) is 2.81. The van der Waals surface area contributed by atoms with Crippen LogP contribution in [0, 0.1) is 17.5 Å². The van der Waals surface area contributed by atoms with E-state index in [1.165, 1.54) is 39.5 Å². The van der Waals surface area contributed by atoms with Gasteiger partial charge in [-0.1, -0.05) is 0 Å². The Morgan fingerprint density at radius 2 is 1.54 bits per heavy atom. The van der Waals surface area contributed by atoms with Gasteiger partial charge in [0.05, 0.1) is 12.2 Å². The van der Waals surface area contributed by atoms with Crippen LogP contribution in [0.25, 0.3) is 16.8 Å². The number of rotatable bonds is 3. The number of benzene rings is 2. The normalized spacial score (nSPS) is 11.2. The summed E-state index contributed by atoms with van der Waals surface area (Å²) in [5.41, 5.74) is 1.50. The SMILES string of the molecule is O=c1c2cc(-c3ccc(F)cc3)nn2ccn1Cc1cc(F)cc(F)c1. The molecule has 0 amide bonds. The maximum absolute atomic E-state index is 13.3. The van der Waals surface area contributed by atoms with Crippen LogP contribution >= 0.6 is 0 Å². The van der Waals surface area contributed by atoms with E-state index in [0.717, 1.165) is 6.07 Å². The minimum Gasteiger partial charge on any atom is -0.308 e. The van der Waals surface area contributed by atoms with E-state index in [1.54, 1.807) is 24.4 Å². The van der Waals surface area contributed by atoms with Crippen LogP contribution in [0.4, 0.5) is 13.2 Å². The van der Waals surface area contributed by atoms with Crippen molar-refractivity contribution in [2.24, 2.45) is 0 Å². The van der Waals surface area contributed by atoms with Crippen molar-refractivity contribution in [2.75, 3.05) is 0 Å². The Kier molecular flexibility index (Phi) is 3.84. The zero-order valence-corrected chi connectivity index (χ0v) is 13.4. The molecule has 0 aliphatic carbocycles. The molecule has 0 radical (unpaired) electrons. The minimum atomic E-state index is -0.697. The highest BCUT2D eigenvalue weighted by atomic mass is 19.1. The standard InChI is InChI=1S/C19H12F3N3O/c20-14-3-1-13(2-4-14)17-10-18-19(26)24(5-6-25(18)23-17)11-12-7-15(21)9-16(22)8-12/h1-10H,11H2. The summed E-state index contributed by atoms with van der Waals surface area (Å²) in [7, 11) is 0. The molecule has 2 heterocycles. The highest BCUT2D eigenvalue weighted by molar-refractivity contribution is 5.65. The summed E-state index contributed by atoms with van der Waals surface area (Å²) in [5, 5.41) is 4.31. The lowest BCUT2D eigenvalue weighted by molar-refractivity contribution is 0.577. The lowest BCUT2D eigenvalue weighted by Crippen LogP contribution is -2.21. The van der Waals surface area contributed by atoms with Gasteiger partial charge in [0.1, 0.15) is 23.0 Å². The number of nitrogens with zero attached hydrogens (tertiary/aromatic N) is 3. The summed E-state index contributed by atoms with van der Waals surface area (Å²) in [6.45, 7) is 0.0288. The van der Waals surface area contributed by atoms with E-state index in [9.17, 15) is 18.0 Å². The van der Waals surface area contributed by atoms with E-state index in [1.807, 2.05) is 0 Å². The van der Waals surface area contributed by atoms with Gasteiger partial charge in [-0.25, -0.2) is 17.7 Å². The maximum atomic E-state index is 13.3. The van der Waals surface area contributed by atoms with Gasteiger partial charge in [0.15, 0.2) is 0 Å². The second kappa shape index (κ2) is 6.18. The van der Waals surface area contributed by atoms with Crippen LogP contribution in [0.3, 0.4) is 0 Å². The predicted molar refractivity (Wildman–Crippen MR) is 90.3 cm³/mol. The molecule has 0 saturated heterocycles. The maximum Gasteiger partial charge on any atom is 0.276 e. The number of hydrogen-bond donors (Lipinski definition) is 0. The molecule has 0 saturated carbocycles. The minimum absolute atomic E-state index is 0.0288. The first-order valence-electron chi connectivity index (χ1n) is 7.79. The molecule has 2 aromatic heterocycles. The molecule has 0 fully saturated rings. The molecule has 0 spiro atoms. The molecule has 7 heteroatoms. The van der Waals surface area contributed by atoms with E-state index in [4.69, 9.17) is 0 Å². The lowest BCUT2D eigenvalue weighted by atomic mass is 10.1. The molecule has 2 aromatic carbocycles. The van der Waals surface area contributed by atoms with Crippen LogP contribution < -0.4 is 5.56 Å². The molecule has 4 rings (SSSR count). The van der Waals surface area contributed by atoms with Crippen molar-refractivity contribution in [3.63, 3.8) is 0 Å². The first kappa shape index (κ1) is 16.1. The molecule has 26 heavy (non-hydrogen) atoms. The number of aromatic nitrogens is 3. The lowest BCUT2D eigenvalue weighted by Gasteiger charge is -2.06. The third-order valence-electron chi connectivity index (χ3n) is 4.02. The fraction of sp³-hybridized carbons (Fsp3) is 0.0526. The Morgan fingerprint density at radius 1 is 0.846 bits per heavy atom. The van der Waals surface area contributed by atoms with E-state index >= 15 is 0 Å². The van der Waals surface area contributed by atoms with E-state index in [2.05, 4.69) is 5.10 Å². The van der Waals surface area contributed by atoms with Crippen LogP contribution in [0.5, 0.6) is 0 Å². The molecule has 130 valence electrons. The van der Waals surface area contributed by atoms with Gasteiger partial charge >= 0.3 is 0 Å². The van der Waals surface area contributed by atoms with Crippen molar-refractivity contribution in [1.82, 2.24) is 14.2 Å². The van der Waals surface area contributed by atoms with Crippen molar-refractivity contribution < 1.29 is 13.2 Å². The van der Waals surface area contributed by atoms with Crippen LogP contribution in [0.15, 0.2) is 65.7 Å². The van der Waals surface area contributed by atoms with Crippen LogP contribution in [-0.4, -0.2) is 14.2 Å². The van der Waals surface area contributed by atoms with Gasteiger partial charge in [0.25, 0.3) is 5.56 Å². The topological polar surface area (TPSA) is 39.3 Å². The number of fused-ring (bicyclic) bond motifs is 1. The van der Waals surface area contributed by atoms with Crippen LogP contribution in [0.2, 0.25) is 0 Å². The van der Waals surface area contributed by atoms with Gasteiger partial charge < -0.3 is 4.57 Å². The summed E-state index contributed by atoms with van der Waals surface area (Å²) in [5.74, 6) is -1.75. The Hall–Kier alpha value is -3.35. The largest absolute Gasteiger partial charge is 0.308 e. The Morgan fingerprint density at radius 3 is 2.23 bits per heavy atom. The average Bonchev–Trinajstić information content (AvgIpc) is 3.02. The van der Waals surface area contributed by atoms with Crippen molar-refractivity contribution in [1.29, 1.82) is 0 Å². The molecule has 0 aliphatic rings. The van der Waals surface area contributed by atoms with E-state index < -0.39 is 11.6 Å². The highest BCUT2D eigenvalue weighted by Gasteiger charge is 2.10. The zero-order chi connectivity index (χ0) is 18.3. The van der Waals surface area contributed by atoms with Crippen molar-refractivity contribution >= 4 is 5.52 Å². The van der Waals surface area contributed by atoms with E-state index in [0.29, 0.717) is 22.3 Å². The molecule has 0 bridgehead atoms. The molecule has 0 aliphatic heterocycles. The van der Waals surface area contributed by atoms with Gasteiger partial charge in [0.2, 0.25) is 0 Å². The third-order valence-corrected chi connectivity index (χ3v) is 4.02. The Labute approximate surface area is 145 Å². The predicted octanol–water partition coefficient (Wildman–Crippen LogP) is 3.63. The third kappa shape index (κ3) is 2.99. The van der Waals surface area contributed by atoms with Gasteiger partial charge in [-0.15, -0.1) is 0 Å². The van der Waals surface area contributed by atoms with E-state index in [-0.39, 0.29) is 17.9 Å². The van der Waals surface area contributed by atoms with Crippen molar-refractivity contribution in [3.8, 4) is 11.3 Å². The van der Waals surface area contributed by atoms with Gasteiger partial charge in [-0.05, 0) is 48.0 Å². The van der Waals surface area contributed by atoms with Gasteiger partial charge in [-0.2, -0.15) is 5.10 Å². The average molecular weight is 355 g/mol. The summed E-state index contributed by atoms with van der Waals surface area (Å²) >= 11 is 0. The molecular formula is C19H12F3N3O. The quantitative estimate of drug-likeness (QED) is 0.563. The second-order valence-electron chi connectivity index (χ2n) is 5.88. The summed E-state index contributed by atoms with van der Waals surface area (Å²) in [6, 6.07) is 10.5. The Balaban J connectivity index is 1.75. The van der Waals surface area contributed by atoms with Gasteiger partial charge in [0, 0.05) is 24.0 Å². The highest BCUT2D eigenvalue weighted by Crippen LogP contribution is 2.19. The number of hydrogen-bond acceptors (Lipinski definition) is 2. The number of halogens is 3. The molecule has 0 atom stereocenters. The smallest absolute Gasteiger partial charge is 0.276 e. The second-order valence-corrected chi connectivity index (χ2v) is 5.88. The molecule has 0 N–H and O–H groups in total. The van der Waals surface area contributed by atoms with Crippen LogP contribution in [-0.2, 0) is 6.54 Å². The first-order chi connectivity index (χ1) is 12.5. The molecule has 0 unspecified atom stereocenters. The fourth-order valence-electron chi connectivity index (χ4n) is 2.81. The van der Waals surface area contributed by atoms with Gasteiger partial charge in [-0.3, -0.25) is 4.79 Å². The molecule has 4 nitrogen and oxygen atoms in total. The Bertz CT molecular complexity index is 1140. The zero-order valence-electron chi connectivity index (χ0n) is 13.4.